The number of benzene rings is 3. The molecule has 0 spiro atoms. The standard InChI is InChI=1S/C22H17Cl/c23-22-15-6-5-13-21(22)20-12-4-3-11-19(20)18-14-7-9-16-8-1-2-10-17(16)18/h1-15,19-20H. The second kappa shape index (κ2) is 6.06. The van der Waals surface area contributed by atoms with Gasteiger partial charge in [0.05, 0.1) is 0 Å². The molecule has 0 aromatic heterocycles. The summed E-state index contributed by atoms with van der Waals surface area (Å²) in [4.78, 5) is 0. The molecule has 4 rings (SSSR count). The van der Waals surface area contributed by atoms with E-state index in [1.165, 1.54) is 21.9 Å². The molecule has 1 aliphatic carbocycles. The third-order valence-corrected chi connectivity index (χ3v) is 4.93. The van der Waals surface area contributed by atoms with Crippen LogP contribution in [0.3, 0.4) is 0 Å². The maximum absolute atomic E-state index is 6.47. The summed E-state index contributed by atoms with van der Waals surface area (Å²) >= 11 is 6.47. The van der Waals surface area contributed by atoms with Crippen LogP contribution in [0.5, 0.6) is 0 Å². The van der Waals surface area contributed by atoms with Crippen LogP contribution in [0.15, 0.2) is 91.0 Å². The van der Waals surface area contributed by atoms with Gasteiger partial charge >= 0.3 is 0 Å². The molecule has 0 saturated heterocycles. The highest BCUT2D eigenvalue weighted by Crippen LogP contribution is 2.42. The first kappa shape index (κ1) is 14.3. The van der Waals surface area contributed by atoms with Crippen LogP contribution >= 0.6 is 11.6 Å². The first-order valence-corrected chi connectivity index (χ1v) is 8.29. The van der Waals surface area contributed by atoms with Crippen LogP contribution in [0.4, 0.5) is 0 Å². The third kappa shape index (κ3) is 2.60. The molecule has 3 aromatic carbocycles. The molecule has 0 radical (unpaired) electrons. The lowest BCUT2D eigenvalue weighted by Gasteiger charge is -2.27. The van der Waals surface area contributed by atoms with Crippen molar-refractivity contribution in [2.45, 2.75) is 11.8 Å². The highest BCUT2D eigenvalue weighted by Gasteiger charge is 2.24. The van der Waals surface area contributed by atoms with E-state index >= 15 is 0 Å². The van der Waals surface area contributed by atoms with Crippen molar-refractivity contribution < 1.29 is 0 Å². The molecule has 0 saturated carbocycles. The minimum atomic E-state index is 0.263. The van der Waals surface area contributed by atoms with E-state index in [1.807, 2.05) is 12.1 Å². The van der Waals surface area contributed by atoms with Crippen LogP contribution < -0.4 is 0 Å². The summed E-state index contributed by atoms with van der Waals surface area (Å²) in [5.74, 6) is 0.561. The van der Waals surface area contributed by atoms with Crippen LogP contribution in [0, 0.1) is 0 Å². The van der Waals surface area contributed by atoms with Crippen molar-refractivity contribution in [1.29, 1.82) is 0 Å². The van der Waals surface area contributed by atoms with Gasteiger partial charge < -0.3 is 0 Å². The number of fused-ring (bicyclic) bond motifs is 1. The van der Waals surface area contributed by atoms with E-state index in [-0.39, 0.29) is 5.92 Å². The molecule has 1 heteroatoms. The summed E-state index contributed by atoms with van der Waals surface area (Å²) in [7, 11) is 0. The van der Waals surface area contributed by atoms with Gasteiger partial charge in [-0.05, 0) is 28.0 Å². The Balaban J connectivity index is 1.87. The number of halogens is 1. The van der Waals surface area contributed by atoms with Crippen molar-refractivity contribution >= 4 is 22.4 Å². The average Bonchev–Trinajstić information content (AvgIpc) is 2.62. The van der Waals surface area contributed by atoms with Crippen molar-refractivity contribution in [1.82, 2.24) is 0 Å². The molecule has 0 amide bonds. The number of allylic oxidation sites excluding steroid dienone is 4. The SMILES string of the molecule is Clc1ccccc1C1C=CC=CC1c1cccc2ccccc12. The van der Waals surface area contributed by atoms with Crippen molar-refractivity contribution in [3.05, 3.63) is 107 Å². The Morgan fingerprint density at radius 1 is 0.609 bits per heavy atom. The second-order valence-corrected chi connectivity index (χ2v) is 6.32. The summed E-state index contributed by atoms with van der Waals surface area (Å²) in [6, 6.07) is 23.3. The minimum Gasteiger partial charge on any atom is -0.0840 e. The third-order valence-electron chi connectivity index (χ3n) is 4.58. The summed E-state index contributed by atoms with van der Waals surface area (Å²) in [6.45, 7) is 0. The number of hydrogen-bond acceptors (Lipinski definition) is 0. The molecule has 23 heavy (non-hydrogen) atoms. The lowest BCUT2D eigenvalue weighted by molar-refractivity contribution is 0.735. The fourth-order valence-electron chi connectivity index (χ4n) is 3.49. The van der Waals surface area contributed by atoms with Gasteiger partial charge in [0.1, 0.15) is 0 Å². The molecule has 2 atom stereocenters. The Morgan fingerprint density at radius 3 is 2.04 bits per heavy atom. The highest BCUT2D eigenvalue weighted by atomic mass is 35.5. The van der Waals surface area contributed by atoms with E-state index in [0.29, 0.717) is 5.92 Å². The average molecular weight is 317 g/mol. The molecular weight excluding hydrogens is 300 g/mol. The molecule has 0 N–H and O–H groups in total. The number of rotatable bonds is 2. The maximum Gasteiger partial charge on any atom is 0.0444 e. The molecule has 0 nitrogen and oxygen atoms in total. The zero-order valence-corrected chi connectivity index (χ0v) is 13.4. The van der Waals surface area contributed by atoms with E-state index in [4.69, 9.17) is 11.6 Å². The Labute approximate surface area is 141 Å². The van der Waals surface area contributed by atoms with Crippen molar-refractivity contribution in [2.24, 2.45) is 0 Å². The Bertz CT molecular complexity index is 899. The lowest BCUT2D eigenvalue weighted by Crippen LogP contribution is -2.10. The zero-order valence-electron chi connectivity index (χ0n) is 12.7. The quantitative estimate of drug-likeness (QED) is 0.507. The van der Waals surface area contributed by atoms with E-state index in [2.05, 4.69) is 78.9 Å². The van der Waals surface area contributed by atoms with Gasteiger partial charge in [0.2, 0.25) is 0 Å². The van der Waals surface area contributed by atoms with E-state index < -0.39 is 0 Å². The van der Waals surface area contributed by atoms with Gasteiger partial charge in [-0.1, -0.05) is 96.6 Å². The molecule has 0 aliphatic heterocycles. The highest BCUT2D eigenvalue weighted by molar-refractivity contribution is 6.31. The molecule has 1 aliphatic rings. The summed E-state index contributed by atoms with van der Waals surface area (Å²) < 4.78 is 0. The van der Waals surface area contributed by atoms with Gasteiger partial charge in [-0.25, -0.2) is 0 Å². The maximum atomic E-state index is 6.47. The predicted molar refractivity (Wildman–Crippen MR) is 99.2 cm³/mol. The monoisotopic (exact) mass is 316 g/mol. The van der Waals surface area contributed by atoms with Gasteiger partial charge in [-0.15, -0.1) is 0 Å². The van der Waals surface area contributed by atoms with E-state index in [1.54, 1.807) is 0 Å². The Hall–Kier alpha value is -2.31. The molecule has 0 bridgehead atoms. The Kier molecular flexibility index (Phi) is 3.77. The topological polar surface area (TPSA) is 0 Å². The fourth-order valence-corrected chi connectivity index (χ4v) is 3.75. The van der Waals surface area contributed by atoms with Crippen LogP contribution in [-0.2, 0) is 0 Å². The first-order valence-electron chi connectivity index (χ1n) is 7.92. The molecule has 2 unspecified atom stereocenters. The largest absolute Gasteiger partial charge is 0.0840 e. The molecule has 3 aromatic rings. The van der Waals surface area contributed by atoms with Gasteiger partial charge in [0.25, 0.3) is 0 Å². The minimum absolute atomic E-state index is 0.263. The molecule has 112 valence electrons. The normalized spacial score (nSPS) is 20.0. The fraction of sp³-hybridized carbons (Fsp3) is 0.0909. The summed E-state index contributed by atoms with van der Waals surface area (Å²) in [5.41, 5.74) is 2.54. The predicted octanol–water partition coefficient (Wildman–Crippen LogP) is 6.49. The van der Waals surface area contributed by atoms with Crippen molar-refractivity contribution in [3.8, 4) is 0 Å². The lowest BCUT2D eigenvalue weighted by atomic mass is 9.77. The molecule has 0 heterocycles. The first-order chi connectivity index (χ1) is 11.3. The summed E-state index contributed by atoms with van der Waals surface area (Å²) in [5, 5.41) is 3.44. The van der Waals surface area contributed by atoms with Crippen LogP contribution in [0.2, 0.25) is 5.02 Å². The van der Waals surface area contributed by atoms with Gasteiger partial charge in [-0.3, -0.25) is 0 Å². The van der Waals surface area contributed by atoms with E-state index in [0.717, 1.165) is 5.02 Å². The van der Waals surface area contributed by atoms with Gasteiger partial charge in [0.15, 0.2) is 0 Å². The second-order valence-electron chi connectivity index (χ2n) is 5.91. The zero-order chi connectivity index (χ0) is 15.6. The number of hydrogen-bond donors (Lipinski definition) is 0. The summed E-state index contributed by atoms with van der Waals surface area (Å²) in [6.07, 6.45) is 8.80. The van der Waals surface area contributed by atoms with Crippen molar-refractivity contribution in [2.75, 3.05) is 0 Å². The smallest absolute Gasteiger partial charge is 0.0444 e. The van der Waals surface area contributed by atoms with Crippen LogP contribution in [0.25, 0.3) is 10.8 Å². The Morgan fingerprint density at radius 2 is 1.22 bits per heavy atom. The van der Waals surface area contributed by atoms with E-state index in [9.17, 15) is 0 Å². The molecular formula is C22H17Cl. The van der Waals surface area contributed by atoms with Crippen LogP contribution in [-0.4, -0.2) is 0 Å². The van der Waals surface area contributed by atoms with Crippen molar-refractivity contribution in [3.63, 3.8) is 0 Å². The van der Waals surface area contributed by atoms with Crippen LogP contribution in [0.1, 0.15) is 23.0 Å². The van der Waals surface area contributed by atoms with Gasteiger partial charge in [0, 0.05) is 16.9 Å². The van der Waals surface area contributed by atoms with Gasteiger partial charge in [-0.2, -0.15) is 0 Å². The molecule has 0 fully saturated rings.